The summed E-state index contributed by atoms with van der Waals surface area (Å²) >= 11 is 5.02. The minimum absolute atomic E-state index is 0.356. The first-order valence-corrected chi connectivity index (χ1v) is 6.78. The van der Waals surface area contributed by atoms with Gasteiger partial charge in [0.05, 0.1) is 20.6 Å². The lowest BCUT2D eigenvalue weighted by Crippen LogP contribution is -3.05. The lowest BCUT2D eigenvalue weighted by molar-refractivity contribution is -0.858. The highest BCUT2D eigenvalue weighted by molar-refractivity contribution is 7.80. The van der Waals surface area contributed by atoms with E-state index in [-0.39, 0.29) is 11.7 Å². The van der Waals surface area contributed by atoms with Gasteiger partial charge < -0.3 is 10.2 Å². The minimum Gasteiger partial charge on any atom is -0.361 e. The molecule has 1 aromatic carbocycles. The van der Waals surface area contributed by atoms with Gasteiger partial charge in [-0.05, 0) is 36.5 Å². The molecule has 20 heavy (non-hydrogen) atoms. The number of hydrogen-bond donors (Lipinski definition) is 4. The van der Waals surface area contributed by atoms with Crippen LogP contribution in [0, 0.1) is 5.82 Å². The predicted molar refractivity (Wildman–Crippen MR) is 79.9 cm³/mol. The number of carbonyl (C=O) groups excluding carboxylic acids is 1. The van der Waals surface area contributed by atoms with Crippen LogP contribution in [-0.2, 0) is 0 Å². The van der Waals surface area contributed by atoms with Crippen molar-refractivity contribution < 1.29 is 14.1 Å². The zero-order valence-corrected chi connectivity index (χ0v) is 12.4. The first kappa shape index (κ1) is 16.3. The normalized spacial score (nSPS) is 10.2. The summed E-state index contributed by atoms with van der Waals surface area (Å²) in [5.74, 6) is -0.749. The Morgan fingerprint density at radius 3 is 2.50 bits per heavy atom. The van der Waals surface area contributed by atoms with Crippen LogP contribution < -0.4 is 21.1 Å². The van der Waals surface area contributed by atoms with E-state index in [1.807, 2.05) is 0 Å². The second kappa shape index (κ2) is 8.44. The molecule has 7 heteroatoms. The molecule has 4 N–H and O–H groups in total. The summed E-state index contributed by atoms with van der Waals surface area (Å²) in [6.45, 7) is 1.78. The van der Waals surface area contributed by atoms with Gasteiger partial charge in [-0.3, -0.25) is 15.6 Å². The van der Waals surface area contributed by atoms with E-state index in [0.717, 1.165) is 19.5 Å². The zero-order valence-electron chi connectivity index (χ0n) is 11.6. The number of carbonyl (C=O) groups is 1. The van der Waals surface area contributed by atoms with Crippen LogP contribution in [-0.4, -0.2) is 38.2 Å². The second-order valence-corrected chi connectivity index (χ2v) is 5.06. The van der Waals surface area contributed by atoms with Gasteiger partial charge >= 0.3 is 0 Å². The summed E-state index contributed by atoms with van der Waals surface area (Å²) in [7, 11) is 4.17. The fourth-order valence-corrected chi connectivity index (χ4v) is 1.63. The van der Waals surface area contributed by atoms with Crippen LogP contribution in [0.5, 0.6) is 0 Å². The molecule has 1 aromatic rings. The molecule has 0 aliphatic heterocycles. The Balaban J connectivity index is 2.23. The number of quaternary nitrogens is 1. The number of thiocarbonyl (C=S) groups is 1. The topological polar surface area (TPSA) is 57.6 Å². The van der Waals surface area contributed by atoms with Gasteiger partial charge in [-0.2, -0.15) is 0 Å². The minimum atomic E-state index is -0.380. The summed E-state index contributed by atoms with van der Waals surface area (Å²) < 4.78 is 12.7. The molecule has 0 fully saturated rings. The second-order valence-electron chi connectivity index (χ2n) is 4.65. The molecule has 0 aliphatic rings. The van der Waals surface area contributed by atoms with Crippen molar-refractivity contribution in [2.24, 2.45) is 0 Å². The van der Waals surface area contributed by atoms with Crippen LogP contribution in [0.4, 0.5) is 4.39 Å². The van der Waals surface area contributed by atoms with Gasteiger partial charge in [-0.1, -0.05) is 0 Å². The summed E-state index contributed by atoms with van der Waals surface area (Å²) in [5, 5.41) is 3.34. The Bertz CT molecular complexity index is 450. The van der Waals surface area contributed by atoms with E-state index in [1.54, 1.807) is 0 Å². The quantitative estimate of drug-likeness (QED) is 0.335. The van der Waals surface area contributed by atoms with Gasteiger partial charge in [0.1, 0.15) is 5.82 Å². The third-order valence-electron chi connectivity index (χ3n) is 2.54. The average molecular weight is 299 g/mol. The lowest BCUT2D eigenvalue weighted by atomic mass is 10.2. The first-order valence-electron chi connectivity index (χ1n) is 6.38. The van der Waals surface area contributed by atoms with Gasteiger partial charge in [0.15, 0.2) is 5.11 Å². The highest BCUT2D eigenvalue weighted by atomic mass is 32.1. The van der Waals surface area contributed by atoms with Crippen molar-refractivity contribution in [3.05, 3.63) is 35.6 Å². The maximum absolute atomic E-state index is 12.7. The highest BCUT2D eigenvalue weighted by Gasteiger charge is 2.05. The molecule has 0 saturated carbocycles. The molecule has 0 atom stereocenters. The molecule has 1 rings (SSSR count). The third-order valence-corrected chi connectivity index (χ3v) is 2.78. The lowest BCUT2D eigenvalue weighted by Gasteiger charge is -2.12. The highest BCUT2D eigenvalue weighted by Crippen LogP contribution is 2.01. The molecule has 0 saturated heterocycles. The van der Waals surface area contributed by atoms with E-state index in [4.69, 9.17) is 12.2 Å². The van der Waals surface area contributed by atoms with E-state index in [1.165, 1.54) is 29.2 Å². The maximum atomic E-state index is 12.7. The SMILES string of the molecule is C[NH+](C)CCCNC(=S)NNC(=O)c1ccc(F)cc1. The molecule has 0 unspecified atom stereocenters. The van der Waals surface area contributed by atoms with E-state index in [9.17, 15) is 9.18 Å². The molecular formula is C13H20FN4OS+. The molecule has 0 radical (unpaired) electrons. The summed E-state index contributed by atoms with van der Waals surface area (Å²) in [5.41, 5.74) is 5.41. The van der Waals surface area contributed by atoms with E-state index >= 15 is 0 Å². The molecule has 0 bridgehead atoms. The van der Waals surface area contributed by atoms with Gasteiger partial charge in [0, 0.05) is 18.5 Å². The smallest absolute Gasteiger partial charge is 0.269 e. The largest absolute Gasteiger partial charge is 0.361 e. The number of hydrogen-bond acceptors (Lipinski definition) is 2. The molecule has 1 amide bonds. The predicted octanol–water partition coefficient (Wildman–Crippen LogP) is -0.531. The van der Waals surface area contributed by atoms with Crippen LogP contribution in [0.2, 0.25) is 0 Å². The van der Waals surface area contributed by atoms with Crippen molar-refractivity contribution in [1.29, 1.82) is 0 Å². The fraction of sp³-hybridized carbons (Fsp3) is 0.385. The van der Waals surface area contributed by atoms with Crippen LogP contribution >= 0.6 is 12.2 Å². The maximum Gasteiger partial charge on any atom is 0.269 e. The first-order chi connectivity index (χ1) is 9.49. The third kappa shape index (κ3) is 6.44. The van der Waals surface area contributed by atoms with Crippen molar-refractivity contribution >= 4 is 23.2 Å². The zero-order chi connectivity index (χ0) is 15.0. The molecule has 110 valence electrons. The molecular weight excluding hydrogens is 279 g/mol. The van der Waals surface area contributed by atoms with Gasteiger partial charge in [0.25, 0.3) is 5.91 Å². The van der Waals surface area contributed by atoms with Crippen LogP contribution in [0.3, 0.4) is 0 Å². The number of halogens is 1. The number of benzene rings is 1. The Kier molecular flexibility index (Phi) is 6.89. The Labute approximate surface area is 123 Å². The number of nitrogens with one attached hydrogen (secondary N) is 4. The number of amides is 1. The van der Waals surface area contributed by atoms with E-state index < -0.39 is 0 Å². The van der Waals surface area contributed by atoms with Crippen molar-refractivity contribution in [3.8, 4) is 0 Å². The Morgan fingerprint density at radius 1 is 1.25 bits per heavy atom. The van der Waals surface area contributed by atoms with E-state index in [2.05, 4.69) is 30.3 Å². The Hall–Kier alpha value is -1.73. The van der Waals surface area contributed by atoms with Gasteiger partial charge in [0.2, 0.25) is 0 Å². The van der Waals surface area contributed by atoms with Crippen molar-refractivity contribution in [2.45, 2.75) is 6.42 Å². The number of hydrazine groups is 1. The molecule has 5 nitrogen and oxygen atoms in total. The van der Waals surface area contributed by atoms with Crippen LogP contribution in [0.1, 0.15) is 16.8 Å². The summed E-state index contributed by atoms with van der Waals surface area (Å²) in [6.07, 6.45) is 0.982. The monoisotopic (exact) mass is 299 g/mol. The van der Waals surface area contributed by atoms with Crippen molar-refractivity contribution in [1.82, 2.24) is 16.2 Å². The van der Waals surface area contributed by atoms with Gasteiger partial charge in [-0.15, -0.1) is 0 Å². The number of rotatable bonds is 5. The molecule has 0 heterocycles. The molecule has 0 spiro atoms. The average Bonchev–Trinajstić information content (AvgIpc) is 2.41. The standard InChI is InChI=1S/C13H19FN4OS/c1-18(2)9-3-8-15-13(20)17-16-12(19)10-4-6-11(14)7-5-10/h4-7H,3,8-9H2,1-2H3,(H,16,19)(H2,15,17,20)/p+1. The van der Waals surface area contributed by atoms with E-state index in [0.29, 0.717) is 10.7 Å². The summed E-state index contributed by atoms with van der Waals surface area (Å²) in [4.78, 5) is 13.1. The molecule has 0 aliphatic carbocycles. The van der Waals surface area contributed by atoms with Crippen LogP contribution in [0.25, 0.3) is 0 Å². The van der Waals surface area contributed by atoms with Gasteiger partial charge in [-0.25, -0.2) is 4.39 Å². The van der Waals surface area contributed by atoms with Crippen molar-refractivity contribution in [2.75, 3.05) is 27.2 Å². The van der Waals surface area contributed by atoms with Crippen LogP contribution in [0.15, 0.2) is 24.3 Å². The Morgan fingerprint density at radius 2 is 1.90 bits per heavy atom. The molecule has 0 aromatic heterocycles. The van der Waals surface area contributed by atoms with Crippen molar-refractivity contribution in [3.63, 3.8) is 0 Å². The fourth-order valence-electron chi connectivity index (χ4n) is 1.48. The summed E-state index contributed by atoms with van der Waals surface area (Å²) in [6, 6.07) is 5.27.